The summed E-state index contributed by atoms with van der Waals surface area (Å²) >= 11 is 0. The molecular weight excluding hydrogens is 440 g/mol. The van der Waals surface area contributed by atoms with Crippen LogP contribution in [0.1, 0.15) is 22.3 Å². The highest BCUT2D eigenvalue weighted by Crippen LogP contribution is 2.27. The molecule has 4 aromatic rings. The van der Waals surface area contributed by atoms with Gasteiger partial charge in [-0.1, -0.05) is 54.1 Å². The first-order valence-corrected chi connectivity index (χ1v) is 11.0. The maximum Gasteiger partial charge on any atom is 0.335 e. The van der Waals surface area contributed by atoms with E-state index in [0.29, 0.717) is 23.4 Å². The molecule has 35 heavy (non-hydrogen) atoms. The van der Waals surface area contributed by atoms with Gasteiger partial charge >= 0.3 is 6.03 Å². The Hall–Kier alpha value is -4.96. The predicted octanol–water partition coefficient (Wildman–Crippen LogP) is 4.54. The number of carbonyl (C=O) groups is 3. The Kier molecular flexibility index (Phi) is 5.47. The van der Waals surface area contributed by atoms with Crippen LogP contribution in [0.5, 0.6) is 0 Å². The minimum absolute atomic E-state index is 0.134. The fourth-order valence-corrected chi connectivity index (χ4v) is 4.21. The Morgan fingerprint density at radius 2 is 1.66 bits per heavy atom. The number of amides is 4. The lowest BCUT2D eigenvalue weighted by atomic mass is 10.1. The lowest BCUT2D eigenvalue weighted by Crippen LogP contribution is -2.54. The fourth-order valence-electron chi connectivity index (χ4n) is 4.21. The number of hydrogen-bond donors (Lipinski definition) is 1. The van der Waals surface area contributed by atoms with Gasteiger partial charge in [-0.3, -0.25) is 14.9 Å². The average molecular weight is 460 g/mol. The molecule has 0 atom stereocenters. The molecule has 170 valence electrons. The molecule has 7 nitrogen and oxygen atoms in total. The Morgan fingerprint density at radius 1 is 0.943 bits per heavy atom. The molecule has 3 aromatic carbocycles. The highest BCUT2D eigenvalue weighted by Gasteiger charge is 2.37. The van der Waals surface area contributed by atoms with Gasteiger partial charge in [0.15, 0.2) is 0 Å². The van der Waals surface area contributed by atoms with Crippen molar-refractivity contribution < 1.29 is 14.4 Å². The first-order chi connectivity index (χ1) is 17.0. The van der Waals surface area contributed by atoms with E-state index in [-0.39, 0.29) is 5.57 Å². The Morgan fingerprint density at radius 3 is 2.43 bits per heavy atom. The molecule has 4 amide bonds. The monoisotopic (exact) mass is 460 g/mol. The van der Waals surface area contributed by atoms with Crippen molar-refractivity contribution in [2.45, 2.75) is 13.5 Å². The second kappa shape index (κ2) is 8.76. The molecule has 1 fully saturated rings. The number of urea groups is 1. The van der Waals surface area contributed by atoms with Crippen molar-refractivity contribution >= 4 is 40.5 Å². The zero-order chi connectivity index (χ0) is 24.5. The van der Waals surface area contributed by atoms with E-state index in [1.165, 1.54) is 6.08 Å². The summed E-state index contributed by atoms with van der Waals surface area (Å²) in [6.45, 7) is 2.35. The number of benzene rings is 3. The van der Waals surface area contributed by atoms with E-state index < -0.39 is 17.8 Å². The summed E-state index contributed by atoms with van der Waals surface area (Å²) in [7, 11) is 0. The zero-order valence-corrected chi connectivity index (χ0v) is 18.9. The average Bonchev–Trinajstić information content (AvgIpc) is 3.20. The van der Waals surface area contributed by atoms with Crippen molar-refractivity contribution in [3.05, 3.63) is 107 Å². The second-order valence-electron chi connectivity index (χ2n) is 8.29. The van der Waals surface area contributed by atoms with Crippen molar-refractivity contribution in [3.8, 4) is 6.07 Å². The number of nitrogens with zero attached hydrogens (tertiary/aromatic N) is 3. The van der Waals surface area contributed by atoms with Gasteiger partial charge in [0.25, 0.3) is 11.8 Å². The van der Waals surface area contributed by atoms with E-state index in [0.717, 1.165) is 26.9 Å². The molecular formula is C28H20N4O3. The maximum atomic E-state index is 13.3. The summed E-state index contributed by atoms with van der Waals surface area (Å²) in [6, 6.07) is 23.4. The summed E-state index contributed by atoms with van der Waals surface area (Å²) in [5.74, 6) is -1.43. The molecule has 0 spiro atoms. The number of aryl methyl sites for hydroxylation is 1. The number of carbonyl (C=O) groups excluding carboxylic acids is 3. The van der Waals surface area contributed by atoms with Crippen LogP contribution in [-0.4, -0.2) is 22.4 Å². The molecule has 0 aliphatic carbocycles. The molecule has 0 saturated carbocycles. The van der Waals surface area contributed by atoms with Crippen molar-refractivity contribution in [2.24, 2.45) is 0 Å². The van der Waals surface area contributed by atoms with Gasteiger partial charge in [-0.2, -0.15) is 5.26 Å². The van der Waals surface area contributed by atoms with Gasteiger partial charge in [-0.05, 0) is 42.8 Å². The number of fused-ring (bicyclic) bond motifs is 1. The van der Waals surface area contributed by atoms with Gasteiger partial charge in [0, 0.05) is 29.2 Å². The van der Waals surface area contributed by atoms with Gasteiger partial charge in [0.2, 0.25) is 0 Å². The van der Waals surface area contributed by atoms with Crippen molar-refractivity contribution in [1.82, 2.24) is 9.88 Å². The van der Waals surface area contributed by atoms with Gasteiger partial charge in [0.1, 0.15) is 5.57 Å². The van der Waals surface area contributed by atoms with Crippen LogP contribution in [0.15, 0.2) is 84.6 Å². The van der Waals surface area contributed by atoms with Crippen LogP contribution in [0.3, 0.4) is 0 Å². The molecule has 5 rings (SSSR count). The van der Waals surface area contributed by atoms with Crippen LogP contribution >= 0.6 is 0 Å². The van der Waals surface area contributed by atoms with E-state index in [1.807, 2.05) is 60.2 Å². The molecule has 1 aliphatic heterocycles. The van der Waals surface area contributed by atoms with Crippen LogP contribution in [0.2, 0.25) is 0 Å². The van der Waals surface area contributed by atoms with Gasteiger partial charge in [0.05, 0.1) is 17.3 Å². The third kappa shape index (κ3) is 3.98. The molecule has 0 bridgehead atoms. The summed E-state index contributed by atoms with van der Waals surface area (Å²) in [6.07, 6.45) is 3.36. The summed E-state index contributed by atoms with van der Waals surface area (Å²) in [4.78, 5) is 39.4. The summed E-state index contributed by atoms with van der Waals surface area (Å²) in [5, 5.41) is 12.6. The first-order valence-electron chi connectivity index (χ1n) is 11.0. The zero-order valence-electron chi connectivity index (χ0n) is 18.9. The molecule has 1 aromatic heterocycles. The van der Waals surface area contributed by atoms with Crippen LogP contribution in [0.4, 0.5) is 10.5 Å². The normalized spacial score (nSPS) is 14.9. The molecule has 0 radical (unpaired) electrons. The minimum Gasteiger partial charge on any atom is -0.342 e. The number of nitrogens with one attached hydrogen (secondary N) is 1. The van der Waals surface area contributed by atoms with Crippen LogP contribution < -0.4 is 10.2 Å². The molecule has 1 saturated heterocycles. The molecule has 1 aliphatic rings. The first kappa shape index (κ1) is 21.9. The van der Waals surface area contributed by atoms with E-state index >= 15 is 0 Å². The lowest BCUT2D eigenvalue weighted by molar-refractivity contribution is -0.122. The Balaban J connectivity index is 1.58. The van der Waals surface area contributed by atoms with E-state index in [4.69, 9.17) is 0 Å². The van der Waals surface area contributed by atoms with Crippen LogP contribution in [0, 0.1) is 18.3 Å². The number of barbiturate groups is 1. The van der Waals surface area contributed by atoms with Gasteiger partial charge in [-0.25, -0.2) is 9.69 Å². The lowest BCUT2D eigenvalue weighted by Gasteiger charge is -2.26. The summed E-state index contributed by atoms with van der Waals surface area (Å²) in [5.41, 5.74) is 4.22. The second-order valence-corrected chi connectivity index (χ2v) is 8.29. The number of aromatic nitrogens is 1. The van der Waals surface area contributed by atoms with Crippen LogP contribution in [0.25, 0.3) is 17.0 Å². The highest BCUT2D eigenvalue weighted by molar-refractivity contribution is 6.39. The smallest absolute Gasteiger partial charge is 0.335 e. The number of anilines is 1. The summed E-state index contributed by atoms with van der Waals surface area (Å²) < 4.78 is 1.98. The van der Waals surface area contributed by atoms with Gasteiger partial charge < -0.3 is 4.57 Å². The van der Waals surface area contributed by atoms with Crippen molar-refractivity contribution in [2.75, 3.05) is 4.90 Å². The third-order valence-corrected chi connectivity index (χ3v) is 5.99. The largest absolute Gasteiger partial charge is 0.342 e. The van der Waals surface area contributed by atoms with Crippen molar-refractivity contribution in [1.29, 1.82) is 5.26 Å². The topological polar surface area (TPSA) is 95.2 Å². The highest BCUT2D eigenvalue weighted by atomic mass is 16.2. The SMILES string of the molecule is Cc1ccc(N2C(=O)NC(=O)/C(=C\c3cn(Cc4ccccc4C#N)c4ccccc34)C2=O)cc1. The molecule has 1 N–H and O–H groups in total. The van der Waals surface area contributed by atoms with E-state index in [1.54, 1.807) is 30.3 Å². The number of nitriles is 1. The Labute approximate surface area is 201 Å². The predicted molar refractivity (Wildman–Crippen MR) is 132 cm³/mol. The molecule has 2 heterocycles. The van der Waals surface area contributed by atoms with Gasteiger partial charge in [-0.15, -0.1) is 0 Å². The van der Waals surface area contributed by atoms with E-state index in [2.05, 4.69) is 11.4 Å². The minimum atomic E-state index is -0.781. The maximum absolute atomic E-state index is 13.3. The number of hydrogen-bond acceptors (Lipinski definition) is 4. The van der Waals surface area contributed by atoms with E-state index in [9.17, 15) is 19.6 Å². The Bertz CT molecular complexity index is 1570. The molecule has 0 unspecified atom stereocenters. The number of imide groups is 2. The standard InChI is InChI=1S/C28H20N4O3/c1-18-10-12-22(13-11-18)32-27(34)24(26(33)30-28(32)35)14-21-17-31(25-9-5-4-8-23(21)25)16-20-7-3-2-6-19(20)15-29/h2-14,17H,16H2,1H3,(H,30,33,35)/b24-14+. The number of para-hydroxylation sites is 1. The molecule has 7 heteroatoms. The quantitative estimate of drug-likeness (QED) is 0.357. The third-order valence-electron chi connectivity index (χ3n) is 5.99. The van der Waals surface area contributed by atoms with Crippen molar-refractivity contribution in [3.63, 3.8) is 0 Å². The van der Waals surface area contributed by atoms with Crippen LogP contribution in [-0.2, 0) is 16.1 Å². The fraction of sp³-hybridized carbons (Fsp3) is 0.0714. The number of rotatable bonds is 4.